The van der Waals surface area contributed by atoms with Crippen molar-refractivity contribution in [2.75, 3.05) is 12.4 Å². The monoisotopic (exact) mass is 271 g/mol. The van der Waals surface area contributed by atoms with Crippen LogP contribution in [-0.2, 0) is 6.54 Å². The summed E-state index contributed by atoms with van der Waals surface area (Å²) in [6.07, 6.45) is 0.113. The summed E-state index contributed by atoms with van der Waals surface area (Å²) in [5, 5.41) is 3.39. The standard InChI is InChI=1S/C17H21NO2/c1-13(2)20-17-14(8-7-11-16(17)19-3)12-18-15-9-5-4-6-10-15/h4-11,13,18H,12H2,1-3H3. The molecule has 0 aliphatic heterocycles. The van der Waals surface area contributed by atoms with Gasteiger partial charge in [-0.25, -0.2) is 0 Å². The van der Waals surface area contributed by atoms with Crippen molar-refractivity contribution in [3.63, 3.8) is 0 Å². The van der Waals surface area contributed by atoms with Gasteiger partial charge >= 0.3 is 0 Å². The molecule has 0 atom stereocenters. The Morgan fingerprint density at radius 2 is 1.75 bits per heavy atom. The summed E-state index contributed by atoms with van der Waals surface area (Å²) in [7, 11) is 1.66. The van der Waals surface area contributed by atoms with E-state index in [0.29, 0.717) is 6.54 Å². The van der Waals surface area contributed by atoms with Crippen molar-refractivity contribution in [3.8, 4) is 11.5 Å². The molecule has 0 amide bonds. The lowest BCUT2D eigenvalue weighted by molar-refractivity contribution is 0.228. The number of hydrogen-bond acceptors (Lipinski definition) is 3. The minimum Gasteiger partial charge on any atom is -0.493 e. The van der Waals surface area contributed by atoms with Crippen LogP contribution in [-0.4, -0.2) is 13.2 Å². The van der Waals surface area contributed by atoms with Crippen molar-refractivity contribution >= 4 is 5.69 Å². The predicted molar refractivity (Wildman–Crippen MR) is 82.5 cm³/mol. The average molecular weight is 271 g/mol. The van der Waals surface area contributed by atoms with Crippen LogP contribution in [0.4, 0.5) is 5.69 Å². The lowest BCUT2D eigenvalue weighted by atomic mass is 10.1. The maximum Gasteiger partial charge on any atom is 0.166 e. The molecule has 106 valence electrons. The first-order chi connectivity index (χ1) is 9.70. The van der Waals surface area contributed by atoms with Gasteiger partial charge in [-0.1, -0.05) is 30.3 Å². The summed E-state index contributed by atoms with van der Waals surface area (Å²) in [5.74, 6) is 1.58. The van der Waals surface area contributed by atoms with E-state index in [0.717, 1.165) is 22.7 Å². The van der Waals surface area contributed by atoms with Gasteiger partial charge in [0.15, 0.2) is 11.5 Å². The fraction of sp³-hybridized carbons (Fsp3) is 0.294. The van der Waals surface area contributed by atoms with Crippen LogP contribution >= 0.6 is 0 Å². The Morgan fingerprint density at radius 1 is 1.00 bits per heavy atom. The molecular formula is C17H21NO2. The van der Waals surface area contributed by atoms with Gasteiger partial charge in [0.2, 0.25) is 0 Å². The van der Waals surface area contributed by atoms with Crippen LogP contribution in [0.1, 0.15) is 19.4 Å². The second kappa shape index (κ2) is 6.85. The zero-order valence-corrected chi connectivity index (χ0v) is 12.2. The van der Waals surface area contributed by atoms with Crippen LogP contribution in [0.2, 0.25) is 0 Å². The van der Waals surface area contributed by atoms with Crippen LogP contribution in [0.3, 0.4) is 0 Å². The molecule has 3 nitrogen and oxygen atoms in total. The van der Waals surface area contributed by atoms with Gasteiger partial charge in [0.1, 0.15) is 0 Å². The van der Waals surface area contributed by atoms with Crippen molar-refractivity contribution in [1.82, 2.24) is 0 Å². The number of rotatable bonds is 6. The highest BCUT2D eigenvalue weighted by atomic mass is 16.5. The van der Waals surface area contributed by atoms with Gasteiger partial charge in [-0.3, -0.25) is 0 Å². The molecular weight excluding hydrogens is 250 g/mol. The Labute approximate surface area is 120 Å². The van der Waals surface area contributed by atoms with Gasteiger partial charge in [0.05, 0.1) is 13.2 Å². The van der Waals surface area contributed by atoms with E-state index in [2.05, 4.69) is 11.4 Å². The zero-order valence-electron chi connectivity index (χ0n) is 12.2. The third-order valence-electron chi connectivity index (χ3n) is 2.89. The Kier molecular flexibility index (Phi) is 4.88. The van der Waals surface area contributed by atoms with E-state index in [1.54, 1.807) is 7.11 Å². The first-order valence-corrected chi connectivity index (χ1v) is 6.82. The molecule has 0 aliphatic carbocycles. The molecule has 0 saturated heterocycles. The van der Waals surface area contributed by atoms with E-state index >= 15 is 0 Å². The number of anilines is 1. The SMILES string of the molecule is COc1cccc(CNc2ccccc2)c1OC(C)C. The third-order valence-corrected chi connectivity index (χ3v) is 2.89. The van der Waals surface area contributed by atoms with Crippen LogP contribution < -0.4 is 14.8 Å². The fourth-order valence-corrected chi connectivity index (χ4v) is 1.98. The summed E-state index contributed by atoms with van der Waals surface area (Å²) >= 11 is 0. The number of hydrogen-bond donors (Lipinski definition) is 1. The van der Waals surface area contributed by atoms with Crippen molar-refractivity contribution in [2.45, 2.75) is 26.5 Å². The van der Waals surface area contributed by atoms with Crippen LogP contribution in [0.25, 0.3) is 0 Å². The van der Waals surface area contributed by atoms with Crippen molar-refractivity contribution in [1.29, 1.82) is 0 Å². The number of ether oxygens (including phenoxy) is 2. The predicted octanol–water partition coefficient (Wildman–Crippen LogP) is 4.09. The molecule has 0 spiro atoms. The maximum absolute atomic E-state index is 5.89. The van der Waals surface area contributed by atoms with Gasteiger partial charge in [-0.15, -0.1) is 0 Å². The summed E-state index contributed by atoms with van der Waals surface area (Å²) in [5.41, 5.74) is 2.17. The lowest BCUT2D eigenvalue weighted by Gasteiger charge is -2.18. The maximum atomic E-state index is 5.89. The molecule has 0 bridgehead atoms. The molecule has 0 radical (unpaired) electrons. The quantitative estimate of drug-likeness (QED) is 0.858. The van der Waals surface area contributed by atoms with Gasteiger partial charge in [0.25, 0.3) is 0 Å². The molecule has 20 heavy (non-hydrogen) atoms. The highest BCUT2D eigenvalue weighted by Gasteiger charge is 2.11. The Morgan fingerprint density at radius 3 is 2.40 bits per heavy atom. The second-order valence-corrected chi connectivity index (χ2v) is 4.83. The largest absolute Gasteiger partial charge is 0.493 e. The molecule has 1 N–H and O–H groups in total. The van der Waals surface area contributed by atoms with Gasteiger partial charge in [0, 0.05) is 17.8 Å². The number of methoxy groups -OCH3 is 1. The van der Waals surface area contributed by atoms with E-state index in [-0.39, 0.29) is 6.10 Å². The molecule has 0 unspecified atom stereocenters. The summed E-state index contributed by atoms with van der Waals surface area (Å²) in [6, 6.07) is 16.1. The van der Waals surface area contributed by atoms with Crippen LogP contribution in [0.5, 0.6) is 11.5 Å². The molecule has 0 heterocycles. The van der Waals surface area contributed by atoms with Gasteiger partial charge < -0.3 is 14.8 Å². The van der Waals surface area contributed by atoms with Gasteiger partial charge in [-0.05, 0) is 32.0 Å². The van der Waals surface area contributed by atoms with Crippen molar-refractivity contribution in [3.05, 3.63) is 54.1 Å². The molecule has 3 heteroatoms. The van der Waals surface area contributed by atoms with Crippen molar-refractivity contribution in [2.24, 2.45) is 0 Å². The van der Waals surface area contributed by atoms with E-state index in [1.165, 1.54) is 0 Å². The number of nitrogens with one attached hydrogen (secondary N) is 1. The van der Waals surface area contributed by atoms with Crippen LogP contribution in [0.15, 0.2) is 48.5 Å². The van der Waals surface area contributed by atoms with E-state index in [4.69, 9.17) is 9.47 Å². The molecule has 2 aromatic rings. The third kappa shape index (κ3) is 3.67. The molecule has 0 saturated carbocycles. The summed E-state index contributed by atoms with van der Waals surface area (Å²) in [4.78, 5) is 0. The molecule has 2 rings (SSSR count). The number of benzene rings is 2. The van der Waals surface area contributed by atoms with E-state index < -0.39 is 0 Å². The highest BCUT2D eigenvalue weighted by Crippen LogP contribution is 2.32. The average Bonchev–Trinajstić information content (AvgIpc) is 2.46. The Hall–Kier alpha value is -2.16. The normalized spacial score (nSPS) is 10.4. The number of para-hydroxylation sites is 2. The minimum atomic E-state index is 0.113. The van der Waals surface area contributed by atoms with E-state index in [1.807, 2.05) is 56.3 Å². The lowest BCUT2D eigenvalue weighted by Crippen LogP contribution is -2.10. The Balaban J connectivity index is 2.18. The topological polar surface area (TPSA) is 30.5 Å². The first kappa shape index (κ1) is 14.3. The first-order valence-electron chi connectivity index (χ1n) is 6.82. The molecule has 0 aliphatic rings. The van der Waals surface area contributed by atoms with Crippen molar-refractivity contribution < 1.29 is 9.47 Å². The second-order valence-electron chi connectivity index (χ2n) is 4.83. The van der Waals surface area contributed by atoms with Crippen LogP contribution in [0, 0.1) is 0 Å². The molecule has 0 fully saturated rings. The highest BCUT2D eigenvalue weighted by molar-refractivity contribution is 5.50. The molecule has 2 aromatic carbocycles. The summed E-state index contributed by atoms with van der Waals surface area (Å²) in [6.45, 7) is 4.73. The summed E-state index contributed by atoms with van der Waals surface area (Å²) < 4.78 is 11.3. The zero-order chi connectivity index (χ0) is 14.4. The van der Waals surface area contributed by atoms with Gasteiger partial charge in [-0.2, -0.15) is 0 Å². The Bertz CT molecular complexity index is 538. The minimum absolute atomic E-state index is 0.113. The molecule has 0 aromatic heterocycles. The fourth-order valence-electron chi connectivity index (χ4n) is 1.98. The smallest absolute Gasteiger partial charge is 0.166 e. The van der Waals surface area contributed by atoms with E-state index in [9.17, 15) is 0 Å².